The Bertz CT molecular complexity index is 1050. The molecule has 0 bridgehead atoms. The molecule has 2 aromatic carbocycles. The number of Topliss-reactive ketones (excluding diaryl/α,β-unsaturated/α-hetero) is 1. The molecule has 1 saturated heterocycles. The van der Waals surface area contributed by atoms with Crippen LogP contribution in [0.15, 0.2) is 48.0 Å². The Hall–Kier alpha value is -3.15. The number of carbonyl (C=O) groups excluding carboxylic acids is 2. The summed E-state index contributed by atoms with van der Waals surface area (Å²) >= 11 is 0. The molecule has 2 aromatic rings. The van der Waals surface area contributed by atoms with Gasteiger partial charge in [0.25, 0.3) is 11.7 Å². The molecule has 1 fully saturated rings. The topological polar surface area (TPSA) is 66.8 Å². The zero-order valence-electron chi connectivity index (χ0n) is 19.2. The van der Waals surface area contributed by atoms with Crippen molar-refractivity contribution in [2.75, 3.05) is 13.7 Å². The summed E-state index contributed by atoms with van der Waals surface area (Å²) in [6, 6.07) is 10.3. The molecule has 1 atom stereocenters. The van der Waals surface area contributed by atoms with Gasteiger partial charge in [0.05, 0.1) is 24.3 Å². The molecule has 0 aromatic heterocycles. The number of unbranched alkanes of at least 4 members (excludes halogenated alkanes) is 1. The van der Waals surface area contributed by atoms with Gasteiger partial charge in [0, 0.05) is 6.54 Å². The molecule has 1 amide bonds. The van der Waals surface area contributed by atoms with Gasteiger partial charge < -0.3 is 14.7 Å². The van der Waals surface area contributed by atoms with Crippen molar-refractivity contribution < 1.29 is 23.8 Å². The fourth-order valence-electron chi connectivity index (χ4n) is 3.94. The van der Waals surface area contributed by atoms with Crippen LogP contribution in [0.3, 0.4) is 0 Å². The third-order valence-electron chi connectivity index (χ3n) is 5.80. The lowest BCUT2D eigenvalue weighted by Crippen LogP contribution is -2.30. The smallest absolute Gasteiger partial charge is 0.295 e. The van der Waals surface area contributed by atoms with Gasteiger partial charge in [-0.3, -0.25) is 9.59 Å². The fraction of sp³-hybridized carbons (Fsp3) is 0.385. The van der Waals surface area contributed by atoms with Crippen molar-refractivity contribution in [2.24, 2.45) is 0 Å². The third kappa shape index (κ3) is 4.40. The number of likely N-dealkylation sites (tertiary alicyclic amines) is 1. The van der Waals surface area contributed by atoms with Gasteiger partial charge in [-0.05, 0) is 47.2 Å². The maximum Gasteiger partial charge on any atom is 0.295 e. The van der Waals surface area contributed by atoms with Gasteiger partial charge >= 0.3 is 0 Å². The van der Waals surface area contributed by atoms with Gasteiger partial charge in [-0.25, -0.2) is 4.39 Å². The van der Waals surface area contributed by atoms with E-state index in [1.807, 2.05) is 33.8 Å². The van der Waals surface area contributed by atoms with E-state index in [4.69, 9.17) is 4.74 Å². The Morgan fingerprint density at radius 3 is 2.34 bits per heavy atom. The summed E-state index contributed by atoms with van der Waals surface area (Å²) in [5, 5.41) is 11.4. The number of hydrogen-bond acceptors (Lipinski definition) is 4. The summed E-state index contributed by atoms with van der Waals surface area (Å²) in [6.07, 6.45) is 1.54. The highest BCUT2D eigenvalue weighted by molar-refractivity contribution is 6.46. The predicted molar refractivity (Wildman–Crippen MR) is 122 cm³/mol. The highest BCUT2D eigenvalue weighted by Crippen LogP contribution is 2.42. The molecule has 0 spiro atoms. The summed E-state index contributed by atoms with van der Waals surface area (Å²) in [4.78, 5) is 27.5. The summed E-state index contributed by atoms with van der Waals surface area (Å²) in [5.74, 6) is -1.73. The number of methoxy groups -OCH3 is 1. The Kier molecular flexibility index (Phi) is 6.72. The molecule has 1 aliphatic rings. The number of halogens is 1. The molecular weight excluding hydrogens is 409 g/mol. The van der Waals surface area contributed by atoms with Crippen molar-refractivity contribution in [1.82, 2.24) is 4.90 Å². The van der Waals surface area contributed by atoms with Crippen molar-refractivity contribution in [1.29, 1.82) is 0 Å². The molecule has 0 radical (unpaired) electrons. The molecule has 0 aliphatic carbocycles. The van der Waals surface area contributed by atoms with Gasteiger partial charge in [0.1, 0.15) is 17.3 Å². The van der Waals surface area contributed by atoms with Gasteiger partial charge in [-0.15, -0.1) is 0 Å². The van der Waals surface area contributed by atoms with E-state index in [9.17, 15) is 19.1 Å². The lowest BCUT2D eigenvalue weighted by Gasteiger charge is -2.26. The van der Waals surface area contributed by atoms with E-state index in [0.29, 0.717) is 29.8 Å². The van der Waals surface area contributed by atoms with Crippen LogP contribution in [0.4, 0.5) is 4.39 Å². The summed E-state index contributed by atoms with van der Waals surface area (Å²) in [5.41, 5.74) is 1.64. The Balaban J connectivity index is 2.25. The molecule has 0 saturated carbocycles. The first kappa shape index (κ1) is 23.5. The predicted octanol–water partition coefficient (Wildman–Crippen LogP) is 5.35. The SMILES string of the molecule is CCCCN1C(=O)C(=O)/C(=C(/O)c2cc(C(C)(C)C)ccc2OC)C1c1ccc(F)cc1. The minimum atomic E-state index is -0.801. The van der Waals surface area contributed by atoms with E-state index in [-0.39, 0.29) is 16.7 Å². The second-order valence-electron chi connectivity index (χ2n) is 9.06. The highest BCUT2D eigenvalue weighted by Gasteiger charge is 2.46. The fourth-order valence-corrected chi connectivity index (χ4v) is 3.94. The first-order chi connectivity index (χ1) is 15.1. The summed E-state index contributed by atoms with van der Waals surface area (Å²) in [7, 11) is 1.49. The maximum atomic E-state index is 13.6. The number of hydrogen-bond donors (Lipinski definition) is 1. The number of ketones is 1. The lowest BCUT2D eigenvalue weighted by atomic mass is 9.85. The minimum absolute atomic E-state index is 0.0120. The van der Waals surface area contributed by atoms with Crippen LogP contribution in [0.1, 0.15) is 63.3 Å². The number of aliphatic hydroxyl groups excluding tert-OH is 1. The zero-order chi connectivity index (χ0) is 23.6. The van der Waals surface area contributed by atoms with Crippen molar-refractivity contribution in [3.8, 4) is 5.75 Å². The van der Waals surface area contributed by atoms with Crippen LogP contribution < -0.4 is 4.74 Å². The molecule has 1 aliphatic heterocycles. The number of carbonyl (C=O) groups is 2. The lowest BCUT2D eigenvalue weighted by molar-refractivity contribution is -0.139. The van der Waals surface area contributed by atoms with E-state index in [1.54, 1.807) is 24.3 Å². The van der Waals surface area contributed by atoms with E-state index in [0.717, 1.165) is 12.0 Å². The monoisotopic (exact) mass is 439 g/mol. The first-order valence-electron chi connectivity index (χ1n) is 10.8. The second-order valence-corrected chi connectivity index (χ2v) is 9.06. The van der Waals surface area contributed by atoms with Crippen LogP contribution in [0.5, 0.6) is 5.75 Å². The molecule has 1 heterocycles. The largest absolute Gasteiger partial charge is 0.507 e. The van der Waals surface area contributed by atoms with Crippen LogP contribution in [0.25, 0.3) is 5.76 Å². The van der Waals surface area contributed by atoms with Crippen molar-refractivity contribution in [3.63, 3.8) is 0 Å². The van der Waals surface area contributed by atoms with Crippen molar-refractivity contribution in [3.05, 3.63) is 70.5 Å². The second kappa shape index (κ2) is 9.15. The standard InChI is InChI=1S/C26H30FNO4/c1-6-7-14-28-22(16-8-11-18(27)12-9-16)21(24(30)25(28)31)23(29)19-15-17(26(2,3)4)10-13-20(19)32-5/h8-13,15,22,29H,6-7,14H2,1-5H3/b23-21+. The van der Waals surface area contributed by atoms with Crippen LogP contribution in [-0.2, 0) is 15.0 Å². The van der Waals surface area contributed by atoms with Crippen LogP contribution in [0.2, 0.25) is 0 Å². The summed E-state index contributed by atoms with van der Waals surface area (Å²) in [6.45, 7) is 8.48. The number of benzene rings is 2. The van der Waals surface area contributed by atoms with Crippen LogP contribution in [0, 0.1) is 5.82 Å². The average Bonchev–Trinajstić information content (AvgIpc) is 3.01. The van der Waals surface area contributed by atoms with E-state index in [1.165, 1.54) is 24.1 Å². The first-order valence-corrected chi connectivity index (χ1v) is 10.8. The molecule has 3 rings (SSSR count). The van der Waals surface area contributed by atoms with E-state index in [2.05, 4.69) is 0 Å². The normalized spacial score (nSPS) is 18.3. The number of rotatable bonds is 6. The molecule has 5 nitrogen and oxygen atoms in total. The third-order valence-corrected chi connectivity index (χ3v) is 5.80. The van der Waals surface area contributed by atoms with E-state index < -0.39 is 23.5 Å². The van der Waals surface area contributed by atoms with Crippen LogP contribution >= 0.6 is 0 Å². The summed E-state index contributed by atoms with van der Waals surface area (Å²) < 4.78 is 19.0. The number of nitrogens with zero attached hydrogens (tertiary/aromatic N) is 1. The molecule has 32 heavy (non-hydrogen) atoms. The highest BCUT2D eigenvalue weighted by atomic mass is 19.1. The molecule has 1 N–H and O–H groups in total. The average molecular weight is 440 g/mol. The zero-order valence-corrected chi connectivity index (χ0v) is 19.2. The molecule has 1 unspecified atom stereocenters. The molecular formula is C26H30FNO4. The van der Waals surface area contributed by atoms with Gasteiger partial charge in [0.15, 0.2) is 0 Å². The Morgan fingerprint density at radius 1 is 1.12 bits per heavy atom. The Morgan fingerprint density at radius 2 is 1.78 bits per heavy atom. The number of ether oxygens (including phenoxy) is 1. The van der Waals surface area contributed by atoms with E-state index >= 15 is 0 Å². The molecule has 6 heteroatoms. The van der Waals surface area contributed by atoms with Gasteiger partial charge in [0.2, 0.25) is 0 Å². The van der Waals surface area contributed by atoms with Crippen molar-refractivity contribution in [2.45, 2.75) is 52.0 Å². The van der Waals surface area contributed by atoms with Crippen molar-refractivity contribution >= 4 is 17.4 Å². The van der Waals surface area contributed by atoms with Crippen LogP contribution in [-0.4, -0.2) is 35.4 Å². The Labute approximate surface area is 188 Å². The molecule has 170 valence electrons. The van der Waals surface area contributed by atoms with Gasteiger partial charge in [-0.1, -0.05) is 52.3 Å². The maximum absolute atomic E-state index is 13.6. The minimum Gasteiger partial charge on any atom is -0.507 e. The number of aliphatic hydroxyl groups is 1. The van der Waals surface area contributed by atoms with Gasteiger partial charge in [-0.2, -0.15) is 0 Å². The number of amides is 1. The quantitative estimate of drug-likeness (QED) is 0.374.